The number of nitrogens with one attached hydrogen (secondary N) is 1. The Balaban J connectivity index is 2.13. The van der Waals surface area contributed by atoms with Gasteiger partial charge in [-0.2, -0.15) is 0 Å². The van der Waals surface area contributed by atoms with Crippen LogP contribution in [0.2, 0.25) is 0 Å². The van der Waals surface area contributed by atoms with Crippen LogP contribution in [0.1, 0.15) is 59.3 Å². The molecule has 0 aromatic carbocycles. The third-order valence-corrected chi connectivity index (χ3v) is 3.23. The molecule has 1 nitrogen and oxygen atoms in total. The fourth-order valence-electron chi connectivity index (χ4n) is 1.96. The average Bonchev–Trinajstić information content (AvgIpc) is 2.94. The number of rotatable bonds is 7. The lowest BCUT2D eigenvalue weighted by Gasteiger charge is -2.21. The predicted molar refractivity (Wildman–Crippen MR) is 58.9 cm³/mol. The van der Waals surface area contributed by atoms with E-state index in [0.717, 1.165) is 18.0 Å². The minimum atomic E-state index is 0.766. The molecule has 0 aliphatic heterocycles. The maximum Gasteiger partial charge on any atom is 0.00695 e. The summed E-state index contributed by atoms with van der Waals surface area (Å²) in [6.07, 6.45) is 8.27. The van der Waals surface area contributed by atoms with Gasteiger partial charge in [-0.3, -0.25) is 0 Å². The van der Waals surface area contributed by atoms with Gasteiger partial charge < -0.3 is 5.32 Å². The first kappa shape index (κ1) is 11.0. The number of hydrogen-bond donors (Lipinski definition) is 1. The molecule has 78 valence electrons. The van der Waals surface area contributed by atoms with Crippen LogP contribution in [0, 0.1) is 5.92 Å². The lowest BCUT2D eigenvalue weighted by Crippen LogP contribution is -2.37. The zero-order valence-electron chi connectivity index (χ0n) is 9.47. The molecular formula is C12H25N. The fourth-order valence-corrected chi connectivity index (χ4v) is 1.96. The van der Waals surface area contributed by atoms with Crippen LogP contribution in [-0.2, 0) is 0 Å². The summed E-state index contributed by atoms with van der Waals surface area (Å²) < 4.78 is 0. The molecule has 1 aliphatic carbocycles. The van der Waals surface area contributed by atoms with Gasteiger partial charge in [-0.05, 0) is 38.5 Å². The van der Waals surface area contributed by atoms with E-state index in [2.05, 4.69) is 26.1 Å². The van der Waals surface area contributed by atoms with Gasteiger partial charge in [0.2, 0.25) is 0 Å². The molecule has 0 aromatic rings. The highest BCUT2D eigenvalue weighted by Crippen LogP contribution is 2.32. The van der Waals surface area contributed by atoms with E-state index in [4.69, 9.17) is 0 Å². The second-order valence-corrected chi connectivity index (χ2v) is 4.54. The normalized spacial score (nSPS) is 21.5. The highest BCUT2D eigenvalue weighted by atomic mass is 15.0. The van der Waals surface area contributed by atoms with Crippen molar-refractivity contribution in [3.05, 3.63) is 0 Å². The Hall–Kier alpha value is -0.0400. The largest absolute Gasteiger partial charge is 0.311 e. The van der Waals surface area contributed by atoms with Gasteiger partial charge in [0.1, 0.15) is 0 Å². The molecule has 13 heavy (non-hydrogen) atoms. The van der Waals surface area contributed by atoms with Crippen LogP contribution in [0.25, 0.3) is 0 Å². The number of hydrogen-bond acceptors (Lipinski definition) is 1. The molecule has 0 spiro atoms. The van der Waals surface area contributed by atoms with E-state index in [1.165, 1.54) is 38.5 Å². The summed E-state index contributed by atoms with van der Waals surface area (Å²) in [5, 5.41) is 3.76. The Morgan fingerprint density at radius 3 is 2.46 bits per heavy atom. The van der Waals surface area contributed by atoms with Crippen molar-refractivity contribution in [1.82, 2.24) is 5.32 Å². The zero-order chi connectivity index (χ0) is 9.68. The van der Waals surface area contributed by atoms with Crippen molar-refractivity contribution >= 4 is 0 Å². The molecule has 0 heterocycles. The van der Waals surface area contributed by atoms with Gasteiger partial charge in [0.05, 0.1) is 0 Å². The minimum Gasteiger partial charge on any atom is -0.311 e. The Morgan fingerprint density at radius 2 is 2.00 bits per heavy atom. The van der Waals surface area contributed by atoms with Gasteiger partial charge in [-0.1, -0.05) is 26.7 Å². The molecule has 0 bridgehead atoms. The maximum absolute atomic E-state index is 3.76. The van der Waals surface area contributed by atoms with Gasteiger partial charge in [-0.15, -0.1) is 0 Å². The van der Waals surface area contributed by atoms with Crippen molar-refractivity contribution < 1.29 is 0 Å². The van der Waals surface area contributed by atoms with Gasteiger partial charge in [0, 0.05) is 12.1 Å². The van der Waals surface area contributed by atoms with E-state index >= 15 is 0 Å². The van der Waals surface area contributed by atoms with Crippen LogP contribution in [0.3, 0.4) is 0 Å². The fraction of sp³-hybridized carbons (Fsp3) is 1.00. The van der Waals surface area contributed by atoms with Crippen molar-refractivity contribution in [3.8, 4) is 0 Å². The van der Waals surface area contributed by atoms with Crippen LogP contribution in [-0.4, -0.2) is 12.1 Å². The first-order chi connectivity index (χ1) is 6.27. The molecule has 1 rings (SSSR count). The van der Waals surface area contributed by atoms with E-state index in [-0.39, 0.29) is 0 Å². The molecule has 1 fully saturated rings. The highest BCUT2D eigenvalue weighted by Gasteiger charge is 2.28. The summed E-state index contributed by atoms with van der Waals surface area (Å²) in [6.45, 7) is 6.93. The van der Waals surface area contributed by atoms with Crippen molar-refractivity contribution in [3.63, 3.8) is 0 Å². The molecule has 0 amide bonds. The Labute approximate surface area is 83.3 Å². The van der Waals surface area contributed by atoms with Crippen LogP contribution in [0.15, 0.2) is 0 Å². The third-order valence-electron chi connectivity index (χ3n) is 3.23. The Morgan fingerprint density at radius 1 is 1.31 bits per heavy atom. The smallest absolute Gasteiger partial charge is 0.00695 e. The third kappa shape index (κ3) is 4.12. The van der Waals surface area contributed by atoms with E-state index < -0.39 is 0 Å². The molecular weight excluding hydrogens is 158 g/mol. The molecule has 2 atom stereocenters. The van der Waals surface area contributed by atoms with Gasteiger partial charge in [0.25, 0.3) is 0 Å². The van der Waals surface area contributed by atoms with Crippen molar-refractivity contribution in [2.24, 2.45) is 5.92 Å². The lowest BCUT2D eigenvalue weighted by atomic mass is 10.1. The topological polar surface area (TPSA) is 12.0 Å². The Bertz CT molecular complexity index is 129. The van der Waals surface area contributed by atoms with E-state index in [0.29, 0.717) is 0 Å². The quantitative estimate of drug-likeness (QED) is 0.638. The van der Waals surface area contributed by atoms with Gasteiger partial charge >= 0.3 is 0 Å². The summed E-state index contributed by atoms with van der Waals surface area (Å²) in [5.41, 5.74) is 0. The summed E-state index contributed by atoms with van der Waals surface area (Å²) in [4.78, 5) is 0. The van der Waals surface area contributed by atoms with E-state index in [1.54, 1.807) is 0 Å². The standard InChI is InChI=1S/C12H25N/c1-4-6-7-12(5-2)13-10(3)11-8-9-11/h10-13H,4-9H2,1-3H3. The summed E-state index contributed by atoms with van der Waals surface area (Å²) in [5.74, 6) is 0.996. The molecule has 0 aromatic heterocycles. The van der Waals surface area contributed by atoms with E-state index in [9.17, 15) is 0 Å². The molecule has 0 radical (unpaired) electrons. The SMILES string of the molecule is CCCCC(CC)NC(C)C1CC1. The second kappa shape index (κ2) is 5.64. The Kier molecular flexibility index (Phi) is 4.79. The summed E-state index contributed by atoms with van der Waals surface area (Å²) >= 11 is 0. The van der Waals surface area contributed by atoms with E-state index in [1.807, 2.05) is 0 Å². The van der Waals surface area contributed by atoms with Gasteiger partial charge in [0.15, 0.2) is 0 Å². The van der Waals surface area contributed by atoms with Crippen molar-refractivity contribution in [2.45, 2.75) is 71.4 Å². The summed E-state index contributed by atoms with van der Waals surface area (Å²) in [6, 6.07) is 1.54. The molecule has 1 aliphatic rings. The second-order valence-electron chi connectivity index (χ2n) is 4.54. The van der Waals surface area contributed by atoms with Crippen LogP contribution in [0.4, 0.5) is 0 Å². The van der Waals surface area contributed by atoms with Crippen molar-refractivity contribution in [2.75, 3.05) is 0 Å². The predicted octanol–water partition coefficient (Wildman–Crippen LogP) is 3.34. The first-order valence-corrected chi connectivity index (χ1v) is 6.04. The van der Waals surface area contributed by atoms with Crippen LogP contribution < -0.4 is 5.32 Å². The van der Waals surface area contributed by atoms with Crippen LogP contribution >= 0.6 is 0 Å². The highest BCUT2D eigenvalue weighted by molar-refractivity contribution is 4.85. The molecule has 1 saturated carbocycles. The molecule has 1 heteroatoms. The lowest BCUT2D eigenvalue weighted by molar-refractivity contribution is 0.381. The monoisotopic (exact) mass is 183 g/mol. The van der Waals surface area contributed by atoms with Gasteiger partial charge in [-0.25, -0.2) is 0 Å². The first-order valence-electron chi connectivity index (χ1n) is 6.04. The molecule has 1 N–H and O–H groups in total. The molecule has 2 unspecified atom stereocenters. The number of unbranched alkanes of at least 4 members (excludes halogenated alkanes) is 1. The minimum absolute atomic E-state index is 0.766. The maximum atomic E-state index is 3.76. The summed E-state index contributed by atoms with van der Waals surface area (Å²) in [7, 11) is 0. The average molecular weight is 183 g/mol. The molecule has 0 saturated heterocycles. The van der Waals surface area contributed by atoms with Crippen LogP contribution in [0.5, 0.6) is 0 Å². The zero-order valence-corrected chi connectivity index (χ0v) is 9.47. The van der Waals surface area contributed by atoms with Crippen molar-refractivity contribution in [1.29, 1.82) is 0 Å².